The molecule has 1 saturated heterocycles. The number of ether oxygens (including phenoxy) is 1. The van der Waals surface area contributed by atoms with Gasteiger partial charge in [0.25, 0.3) is 0 Å². The number of fused-ring (bicyclic) bond motifs is 1. The van der Waals surface area contributed by atoms with E-state index in [9.17, 15) is 0 Å². The van der Waals surface area contributed by atoms with Gasteiger partial charge in [-0.15, -0.1) is 16.9 Å². The fourth-order valence-corrected chi connectivity index (χ4v) is 7.28. The van der Waals surface area contributed by atoms with Crippen LogP contribution in [0.2, 0.25) is 0 Å². The van der Waals surface area contributed by atoms with Crippen LogP contribution in [0, 0.1) is 0 Å². The van der Waals surface area contributed by atoms with Gasteiger partial charge in [-0.1, -0.05) is 103 Å². The SMILES string of the molecule is CSc1ccc(-c2nn(C3CCCCO3)c3ccc(-c4ncn(C(c5ccccc5)(c5ccccc5)c5ccccc5)n4)cc23)cc1. The molecule has 0 bridgehead atoms. The number of hydrogen-bond acceptors (Lipinski definition) is 5. The lowest BCUT2D eigenvalue weighted by Gasteiger charge is -2.35. The lowest BCUT2D eigenvalue weighted by Crippen LogP contribution is -2.38. The summed E-state index contributed by atoms with van der Waals surface area (Å²) in [7, 11) is 0. The van der Waals surface area contributed by atoms with E-state index in [1.807, 2.05) is 11.0 Å². The van der Waals surface area contributed by atoms with E-state index in [-0.39, 0.29) is 6.23 Å². The summed E-state index contributed by atoms with van der Waals surface area (Å²) in [6.07, 6.45) is 7.07. The van der Waals surface area contributed by atoms with Crippen LogP contribution in [0.5, 0.6) is 0 Å². The third-order valence-corrected chi connectivity index (χ3v) is 9.91. The lowest BCUT2D eigenvalue weighted by atomic mass is 9.77. The maximum absolute atomic E-state index is 6.21. The lowest BCUT2D eigenvalue weighted by molar-refractivity contribution is -0.0365. The molecule has 5 aromatic carbocycles. The molecule has 0 saturated carbocycles. The van der Waals surface area contributed by atoms with E-state index in [1.165, 1.54) is 4.90 Å². The molecule has 6 nitrogen and oxygen atoms in total. The standard InChI is InChI=1S/C40H35N5OS/c1-47-34-23-20-29(21-24-34)38-35-27-30(22-25-36(35)45(42-38)37-19-11-12-26-46-37)39-41-28-44(43-39)40(31-13-5-2-6-14-31,32-15-7-3-8-16-32)33-17-9-4-10-18-33/h2-10,13-18,20-25,27-28,37H,11-12,19,26H2,1H3. The fourth-order valence-electron chi connectivity index (χ4n) is 6.87. The zero-order chi connectivity index (χ0) is 31.6. The maximum atomic E-state index is 6.21. The van der Waals surface area contributed by atoms with Crippen LogP contribution in [-0.4, -0.2) is 37.4 Å². The normalized spacial score (nSPS) is 15.2. The Morgan fingerprint density at radius 3 is 1.89 bits per heavy atom. The molecular weight excluding hydrogens is 599 g/mol. The highest BCUT2D eigenvalue weighted by Crippen LogP contribution is 2.41. The van der Waals surface area contributed by atoms with Gasteiger partial charge in [0.1, 0.15) is 17.6 Å². The summed E-state index contributed by atoms with van der Waals surface area (Å²) >= 11 is 1.74. The average molecular weight is 634 g/mol. The minimum Gasteiger partial charge on any atom is -0.356 e. The van der Waals surface area contributed by atoms with Crippen molar-refractivity contribution in [1.82, 2.24) is 24.5 Å². The van der Waals surface area contributed by atoms with Crippen molar-refractivity contribution < 1.29 is 4.74 Å². The zero-order valence-corrected chi connectivity index (χ0v) is 27.1. The van der Waals surface area contributed by atoms with Gasteiger partial charge in [0, 0.05) is 28.0 Å². The largest absolute Gasteiger partial charge is 0.356 e. The molecule has 232 valence electrons. The quantitative estimate of drug-likeness (QED) is 0.123. The zero-order valence-electron chi connectivity index (χ0n) is 26.2. The third kappa shape index (κ3) is 5.25. The Balaban J connectivity index is 1.30. The Bertz CT molecular complexity index is 2000. The summed E-state index contributed by atoms with van der Waals surface area (Å²) < 4.78 is 10.3. The van der Waals surface area contributed by atoms with E-state index in [1.54, 1.807) is 11.8 Å². The van der Waals surface area contributed by atoms with Crippen molar-refractivity contribution in [3.05, 3.63) is 156 Å². The molecule has 8 rings (SSSR count). The molecule has 0 spiro atoms. The molecule has 1 unspecified atom stereocenters. The van der Waals surface area contributed by atoms with Crippen molar-refractivity contribution in [1.29, 1.82) is 0 Å². The highest BCUT2D eigenvalue weighted by molar-refractivity contribution is 7.98. The molecule has 1 atom stereocenters. The molecule has 0 N–H and O–H groups in total. The first-order valence-electron chi connectivity index (χ1n) is 16.1. The van der Waals surface area contributed by atoms with Gasteiger partial charge in [0.05, 0.1) is 5.52 Å². The molecule has 0 radical (unpaired) electrons. The minimum absolute atomic E-state index is 0.0723. The van der Waals surface area contributed by atoms with Crippen molar-refractivity contribution in [2.24, 2.45) is 0 Å². The second-order valence-corrected chi connectivity index (χ2v) is 12.8. The van der Waals surface area contributed by atoms with Crippen molar-refractivity contribution in [3.8, 4) is 22.6 Å². The number of nitrogens with zero attached hydrogens (tertiary/aromatic N) is 5. The average Bonchev–Trinajstić information content (AvgIpc) is 3.80. The molecule has 7 aromatic rings. The molecule has 0 aliphatic carbocycles. The summed E-state index contributed by atoms with van der Waals surface area (Å²) in [4.78, 5) is 6.18. The van der Waals surface area contributed by atoms with E-state index < -0.39 is 5.54 Å². The van der Waals surface area contributed by atoms with Gasteiger partial charge in [-0.3, -0.25) is 0 Å². The van der Waals surface area contributed by atoms with Crippen LogP contribution < -0.4 is 0 Å². The van der Waals surface area contributed by atoms with Gasteiger partial charge in [-0.25, -0.2) is 14.3 Å². The summed E-state index contributed by atoms with van der Waals surface area (Å²) in [5.74, 6) is 0.657. The van der Waals surface area contributed by atoms with E-state index >= 15 is 0 Å². The first-order valence-corrected chi connectivity index (χ1v) is 17.4. The van der Waals surface area contributed by atoms with E-state index in [4.69, 9.17) is 19.9 Å². The smallest absolute Gasteiger partial charge is 0.181 e. The molecule has 0 amide bonds. The topological polar surface area (TPSA) is 57.8 Å². The molecule has 2 aromatic heterocycles. The van der Waals surface area contributed by atoms with Gasteiger partial charge in [0.2, 0.25) is 0 Å². The van der Waals surface area contributed by atoms with E-state index in [0.29, 0.717) is 5.82 Å². The van der Waals surface area contributed by atoms with Crippen LogP contribution in [0.25, 0.3) is 33.5 Å². The molecule has 1 aliphatic heterocycles. The van der Waals surface area contributed by atoms with Gasteiger partial charge in [0.15, 0.2) is 12.1 Å². The maximum Gasteiger partial charge on any atom is 0.181 e. The monoisotopic (exact) mass is 633 g/mol. The number of aromatic nitrogens is 5. The minimum atomic E-state index is -0.730. The predicted molar refractivity (Wildman–Crippen MR) is 189 cm³/mol. The van der Waals surface area contributed by atoms with Crippen LogP contribution in [0.3, 0.4) is 0 Å². The predicted octanol–water partition coefficient (Wildman–Crippen LogP) is 9.22. The van der Waals surface area contributed by atoms with Gasteiger partial charge in [-0.05, 0) is 72.5 Å². The first kappa shape index (κ1) is 29.4. The number of thioether (sulfide) groups is 1. The summed E-state index contributed by atoms with van der Waals surface area (Å²) in [6, 6.07) is 46.8. The highest BCUT2D eigenvalue weighted by Gasteiger charge is 2.39. The number of hydrogen-bond donors (Lipinski definition) is 0. The number of rotatable bonds is 8. The van der Waals surface area contributed by atoms with Gasteiger partial charge in [-0.2, -0.15) is 5.10 Å². The molecule has 47 heavy (non-hydrogen) atoms. The third-order valence-electron chi connectivity index (χ3n) is 9.17. The fraction of sp³-hybridized carbons (Fsp3) is 0.175. The Morgan fingerprint density at radius 2 is 1.32 bits per heavy atom. The van der Waals surface area contributed by atoms with Crippen LogP contribution in [-0.2, 0) is 10.3 Å². The Kier molecular flexibility index (Phi) is 7.93. The molecule has 1 fully saturated rings. The van der Waals surface area contributed by atoms with Gasteiger partial charge >= 0.3 is 0 Å². The number of benzene rings is 5. The van der Waals surface area contributed by atoms with Crippen LogP contribution in [0.4, 0.5) is 0 Å². The summed E-state index contributed by atoms with van der Waals surface area (Å²) in [5.41, 5.74) is 6.59. The van der Waals surface area contributed by atoms with Crippen molar-refractivity contribution in [2.45, 2.75) is 35.9 Å². The summed E-state index contributed by atoms with van der Waals surface area (Å²) in [6.45, 7) is 0.759. The van der Waals surface area contributed by atoms with E-state index in [0.717, 1.165) is 70.3 Å². The van der Waals surface area contributed by atoms with Crippen molar-refractivity contribution in [2.75, 3.05) is 12.9 Å². The molecule has 3 heterocycles. The second-order valence-electron chi connectivity index (χ2n) is 11.9. The van der Waals surface area contributed by atoms with Crippen molar-refractivity contribution >= 4 is 22.7 Å². The molecule has 7 heteroatoms. The van der Waals surface area contributed by atoms with Crippen LogP contribution >= 0.6 is 11.8 Å². The Labute approximate surface area is 279 Å². The van der Waals surface area contributed by atoms with E-state index in [2.05, 4.69) is 144 Å². The van der Waals surface area contributed by atoms with Crippen LogP contribution in [0.1, 0.15) is 42.2 Å². The first-order chi connectivity index (χ1) is 23.3. The second kappa shape index (κ2) is 12.7. The van der Waals surface area contributed by atoms with Crippen molar-refractivity contribution in [3.63, 3.8) is 0 Å². The van der Waals surface area contributed by atoms with Crippen LogP contribution in [0.15, 0.2) is 145 Å². The van der Waals surface area contributed by atoms with Gasteiger partial charge < -0.3 is 4.74 Å². The highest BCUT2D eigenvalue weighted by atomic mass is 32.2. The summed E-state index contributed by atoms with van der Waals surface area (Å²) in [5, 5.41) is 11.5. The molecule has 1 aliphatic rings. The molecular formula is C40H35N5OS. The Hall–Kier alpha value is -4.98. The Morgan fingerprint density at radius 1 is 0.702 bits per heavy atom.